The van der Waals surface area contributed by atoms with Gasteiger partial charge in [-0.3, -0.25) is 9.59 Å². The zero-order valence-corrected chi connectivity index (χ0v) is 32.3. The molecule has 1 N–H and O–H groups in total. The van der Waals surface area contributed by atoms with Crippen LogP contribution in [0.3, 0.4) is 0 Å². The lowest BCUT2D eigenvalue weighted by molar-refractivity contribution is -0.159. The predicted molar refractivity (Wildman–Crippen MR) is 201 cm³/mol. The van der Waals surface area contributed by atoms with E-state index in [0.717, 1.165) is 42.4 Å². The first-order chi connectivity index (χ1) is 25.5. The molecule has 1 aromatic heterocycles. The maximum absolute atomic E-state index is 14.8. The zero-order chi connectivity index (χ0) is 38.1. The SMILES string of the molecule is COCCCc1cc(CN(C(=O)C2CN(C(=O)O)CCC2(OC)c2ccn(CCOc3c(Cl)cc(C)cc3Cl)c(=O)c2)C2CC2)cc(OCCOC)c1. The van der Waals surface area contributed by atoms with E-state index in [1.54, 1.807) is 38.6 Å². The average molecular weight is 775 g/mol. The van der Waals surface area contributed by atoms with Gasteiger partial charge in [-0.1, -0.05) is 29.3 Å². The van der Waals surface area contributed by atoms with Gasteiger partial charge in [0.15, 0.2) is 5.75 Å². The average Bonchev–Trinajstić information content (AvgIpc) is 3.97. The Morgan fingerprint density at radius 3 is 2.30 bits per heavy atom. The Balaban J connectivity index is 1.41. The monoisotopic (exact) mass is 773 g/mol. The van der Waals surface area contributed by atoms with Crippen LogP contribution in [0.15, 0.2) is 53.5 Å². The number of carbonyl (C=O) groups excluding carboxylic acids is 1. The molecule has 2 unspecified atom stereocenters. The number of amides is 2. The van der Waals surface area contributed by atoms with E-state index < -0.39 is 17.6 Å². The van der Waals surface area contributed by atoms with Gasteiger partial charge in [0.1, 0.15) is 24.6 Å². The number of carbonyl (C=O) groups is 2. The van der Waals surface area contributed by atoms with Crippen molar-refractivity contribution in [2.45, 2.75) is 63.8 Å². The Labute approximate surface area is 320 Å². The third-order valence-electron chi connectivity index (χ3n) is 9.88. The molecule has 2 aromatic carbocycles. The van der Waals surface area contributed by atoms with Crippen molar-refractivity contribution in [2.75, 3.05) is 60.8 Å². The van der Waals surface area contributed by atoms with Crippen molar-refractivity contribution in [3.8, 4) is 11.5 Å². The standard InChI is InChI=1S/C39H49Cl2N3O9/c1-26-18-33(40)36(34(41)19-26)53-15-13-42-11-9-29(23-35(42)45)39(51-4)10-12-43(38(47)48)25-32(39)37(46)44(30-7-8-30)24-28-20-27(6-5-14-49-2)21-31(22-28)52-17-16-50-3/h9,11,18-23,30,32H,5-8,10,12-17,24-25H2,1-4H3,(H,47,48). The molecule has 2 amide bonds. The molecule has 2 aliphatic rings. The van der Waals surface area contributed by atoms with Crippen molar-refractivity contribution >= 4 is 35.2 Å². The van der Waals surface area contributed by atoms with Crippen LogP contribution in [0.5, 0.6) is 11.5 Å². The number of hydrogen-bond donors (Lipinski definition) is 1. The Bertz CT molecular complexity index is 1750. The second kappa shape index (κ2) is 18.5. The number of rotatable bonds is 18. The van der Waals surface area contributed by atoms with Crippen molar-refractivity contribution < 1.29 is 38.4 Å². The quantitative estimate of drug-likeness (QED) is 0.151. The molecule has 5 rings (SSSR count). The molecule has 0 radical (unpaired) electrons. The van der Waals surface area contributed by atoms with E-state index in [-0.39, 0.29) is 50.2 Å². The van der Waals surface area contributed by atoms with E-state index in [0.29, 0.717) is 53.5 Å². The van der Waals surface area contributed by atoms with Crippen molar-refractivity contribution in [3.05, 3.63) is 91.3 Å². The highest BCUT2D eigenvalue weighted by atomic mass is 35.5. The Morgan fingerprint density at radius 1 is 0.943 bits per heavy atom. The summed E-state index contributed by atoms with van der Waals surface area (Å²) in [7, 11) is 4.81. The summed E-state index contributed by atoms with van der Waals surface area (Å²) in [5.74, 6) is -0.102. The minimum atomic E-state index is -1.25. The van der Waals surface area contributed by atoms with Crippen LogP contribution in [0, 0.1) is 12.8 Å². The number of ether oxygens (including phenoxy) is 5. The van der Waals surface area contributed by atoms with Crippen LogP contribution in [-0.4, -0.2) is 98.4 Å². The third-order valence-corrected chi connectivity index (χ3v) is 10.4. The number of carboxylic acid groups (broad SMARTS) is 1. The molecule has 1 aliphatic heterocycles. The molecule has 0 bridgehead atoms. The highest BCUT2D eigenvalue weighted by molar-refractivity contribution is 6.37. The fourth-order valence-electron chi connectivity index (χ4n) is 7.00. The molecule has 14 heteroatoms. The minimum absolute atomic E-state index is 0.00388. The predicted octanol–water partition coefficient (Wildman–Crippen LogP) is 6.18. The van der Waals surface area contributed by atoms with Crippen LogP contribution in [0.4, 0.5) is 4.79 Å². The van der Waals surface area contributed by atoms with E-state index in [4.69, 9.17) is 46.9 Å². The summed E-state index contributed by atoms with van der Waals surface area (Å²) in [6.07, 6.45) is 3.99. The normalized spacial score (nSPS) is 18.5. The molecule has 1 saturated carbocycles. The largest absolute Gasteiger partial charge is 0.491 e. The van der Waals surface area contributed by atoms with E-state index in [9.17, 15) is 19.5 Å². The van der Waals surface area contributed by atoms with Crippen LogP contribution < -0.4 is 15.0 Å². The first-order valence-electron chi connectivity index (χ1n) is 17.9. The van der Waals surface area contributed by atoms with Gasteiger partial charge < -0.3 is 43.2 Å². The number of aromatic nitrogens is 1. The number of benzene rings is 2. The van der Waals surface area contributed by atoms with Crippen LogP contribution >= 0.6 is 23.2 Å². The molecule has 2 fully saturated rings. The van der Waals surface area contributed by atoms with Crippen molar-refractivity contribution in [3.63, 3.8) is 0 Å². The van der Waals surface area contributed by atoms with E-state index in [1.807, 2.05) is 24.0 Å². The Morgan fingerprint density at radius 2 is 1.66 bits per heavy atom. The lowest BCUT2D eigenvalue weighted by atomic mass is 9.75. The second-order valence-corrected chi connectivity index (χ2v) is 14.4. The number of methoxy groups -OCH3 is 3. The summed E-state index contributed by atoms with van der Waals surface area (Å²) in [6.45, 7) is 4.03. The molecule has 12 nitrogen and oxygen atoms in total. The summed E-state index contributed by atoms with van der Waals surface area (Å²) in [5.41, 5.74) is 1.81. The highest BCUT2D eigenvalue weighted by Gasteiger charge is 2.52. The Hall–Kier alpha value is -3.81. The number of hydrogen-bond acceptors (Lipinski definition) is 8. The summed E-state index contributed by atoms with van der Waals surface area (Å²) in [4.78, 5) is 43.7. The van der Waals surface area contributed by atoms with Gasteiger partial charge in [-0.2, -0.15) is 0 Å². The molecule has 53 heavy (non-hydrogen) atoms. The van der Waals surface area contributed by atoms with Gasteiger partial charge in [0.2, 0.25) is 5.91 Å². The first kappa shape index (κ1) is 40.4. The molecular weight excluding hydrogens is 725 g/mol. The van der Waals surface area contributed by atoms with Crippen LogP contribution in [0.25, 0.3) is 0 Å². The van der Waals surface area contributed by atoms with Crippen molar-refractivity contribution in [1.29, 1.82) is 0 Å². The van der Waals surface area contributed by atoms with Gasteiger partial charge in [-0.25, -0.2) is 4.79 Å². The summed E-state index contributed by atoms with van der Waals surface area (Å²) >= 11 is 12.7. The third kappa shape index (κ3) is 10.0. The molecular formula is C39H49Cl2N3O9. The van der Waals surface area contributed by atoms with Crippen molar-refractivity contribution in [2.24, 2.45) is 5.92 Å². The number of pyridine rings is 1. The molecule has 2 atom stereocenters. The van der Waals surface area contributed by atoms with Crippen LogP contribution in [-0.2, 0) is 44.1 Å². The van der Waals surface area contributed by atoms with Gasteiger partial charge >= 0.3 is 6.09 Å². The lowest BCUT2D eigenvalue weighted by Gasteiger charge is -2.47. The van der Waals surface area contributed by atoms with Crippen molar-refractivity contribution in [1.82, 2.24) is 14.4 Å². The van der Waals surface area contributed by atoms with Gasteiger partial charge in [0.25, 0.3) is 5.56 Å². The molecule has 0 spiro atoms. The lowest BCUT2D eigenvalue weighted by Crippen LogP contribution is -2.58. The van der Waals surface area contributed by atoms with Gasteiger partial charge in [0, 0.05) is 65.9 Å². The molecule has 1 saturated heterocycles. The number of piperidine rings is 1. The van der Waals surface area contributed by atoms with E-state index in [1.165, 1.54) is 22.6 Å². The minimum Gasteiger partial charge on any atom is -0.491 e. The second-order valence-electron chi connectivity index (χ2n) is 13.6. The molecule has 2 heterocycles. The van der Waals surface area contributed by atoms with E-state index in [2.05, 4.69) is 6.07 Å². The summed E-state index contributed by atoms with van der Waals surface area (Å²) in [6, 6.07) is 12.8. The van der Waals surface area contributed by atoms with Gasteiger partial charge in [-0.15, -0.1) is 0 Å². The van der Waals surface area contributed by atoms with E-state index >= 15 is 0 Å². The molecule has 3 aromatic rings. The number of halogens is 2. The van der Waals surface area contributed by atoms with Crippen LogP contribution in [0.2, 0.25) is 10.0 Å². The number of nitrogens with zero attached hydrogens (tertiary/aromatic N) is 3. The maximum atomic E-state index is 14.8. The number of aryl methyl sites for hydroxylation is 2. The fourth-order valence-corrected chi connectivity index (χ4v) is 7.71. The maximum Gasteiger partial charge on any atom is 0.407 e. The summed E-state index contributed by atoms with van der Waals surface area (Å²) < 4.78 is 30.0. The zero-order valence-electron chi connectivity index (χ0n) is 30.8. The first-order valence-corrected chi connectivity index (χ1v) is 18.6. The topological polar surface area (TPSA) is 129 Å². The summed E-state index contributed by atoms with van der Waals surface area (Å²) in [5, 5.41) is 10.8. The highest BCUT2D eigenvalue weighted by Crippen LogP contribution is 2.43. The van der Waals surface area contributed by atoms with Crippen LogP contribution in [0.1, 0.15) is 47.9 Å². The van der Waals surface area contributed by atoms with Gasteiger partial charge in [-0.05, 0) is 91.6 Å². The van der Waals surface area contributed by atoms with Gasteiger partial charge in [0.05, 0.1) is 29.1 Å². The fraction of sp³-hybridized carbons (Fsp3) is 0.513. The number of likely N-dealkylation sites (tertiary alicyclic amines) is 1. The Kier molecular flexibility index (Phi) is 14.1. The smallest absolute Gasteiger partial charge is 0.407 e. The molecule has 1 aliphatic carbocycles. The molecule has 288 valence electrons.